The Hall–Kier alpha value is -1.46. The Morgan fingerprint density at radius 1 is 1.33 bits per heavy atom. The highest BCUT2D eigenvalue weighted by atomic mass is 35.5. The maximum atomic E-state index is 12.2. The van der Waals surface area contributed by atoms with Crippen LogP contribution in [-0.4, -0.2) is 36.6 Å². The third-order valence-corrected chi connectivity index (χ3v) is 3.88. The first-order valence-corrected chi connectivity index (χ1v) is 7.12. The molecule has 1 saturated heterocycles. The van der Waals surface area contributed by atoms with Crippen molar-refractivity contribution >= 4 is 18.3 Å². The number of hydrogen-bond donors (Lipinski definition) is 1. The number of carbonyl (C=O) groups excluding carboxylic acids is 1. The summed E-state index contributed by atoms with van der Waals surface area (Å²) in [6.07, 6.45) is 1.98. The molecule has 2 heterocycles. The van der Waals surface area contributed by atoms with Crippen LogP contribution < -0.4 is 15.2 Å². The molecule has 0 aromatic heterocycles. The molecule has 1 amide bonds. The minimum atomic E-state index is -0.451. The number of benzene rings is 1. The summed E-state index contributed by atoms with van der Waals surface area (Å²) >= 11 is 0. The molecule has 1 aromatic carbocycles. The van der Waals surface area contributed by atoms with Gasteiger partial charge in [0.25, 0.3) is 0 Å². The van der Waals surface area contributed by atoms with Crippen molar-refractivity contribution in [3.8, 4) is 11.5 Å². The van der Waals surface area contributed by atoms with Crippen molar-refractivity contribution < 1.29 is 14.3 Å². The van der Waals surface area contributed by atoms with Crippen molar-refractivity contribution in [2.24, 2.45) is 5.73 Å². The Bertz CT molecular complexity index is 522. The predicted octanol–water partition coefficient (Wildman–Crippen LogP) is 1.89. The summed E-state index contributed by atoms with van der Waals surface area (Å²) in [5.41, 5.74) is 6.83. The fourth-order valence-corrected chi connectivity index (χ4v) is 2.91. The second kappa shape index (κ2) is 6.54. The van der Waals surface area contributed by atoms with Crippen LogP contribution in [-0.2, 0) is 4.79 Å². The molecule has 0 spiro atoms. The molecule has 0 aliphatic carbocycles. The van der Waals surface area contributed by atoms with Gasteiger partial charge in [-0.3, -0.25) is 4.79 Å². The highest BCUT2D eigenvalue weighted by molar-refractivity contribution is 5.85. The van der Waals surface area contributed by atoms with E-state index in [-0.39, 0.29) is 24.4 Å². The lowest BCUT2D eigenvalue weighted by atomic mass is 10.0. The van der Waals surface area contributed by atoms with Crippen LogP contribution >= 0.6 is 12.4 Å². The lowest BCUT2D eigenvalue weighted by Gasteiger charge is -2.28. The van der Waals surface area contributed by atoms with Gasteiger partial charge in [-0.15, -0.1) is 12.4 Å². The molecule has 6 heteroatoms. The largest absolute Gasteiger partial charge is 0.486 e. The summed E-state index contributed by atoms with van der Waals surface area (Å²) < 4.78 is 11.1. The smallest absolute Gasteiger partial charge is 0.239 e. The molecule has 2 unspecified atom stereocenters. The van der Waals surface area contributed by atoms with Crippen LogP contribution in [0.25, 0.3) is 0 Å². The number of rotatable bonds is 2. The SMILES string of the molecule is CC(N)C(=O)N1CCCC1c1ccc2c(c1)OCCO2.Cl. The maximum absolute atomic E-state index is 12.2. The molecule has 116 valence electrons. The third kappa shape index (κ3) is 3.09. The zero-order chi connectivity index (χ0) is 14.1. The first kappa shape index (κ1) is 15.9. The Labute approximate surface area is 130 Å². The average molecular weight is 313 g/mol. The molecule has 21 heavy (non-hydrogen) atoms. The van der Waals surface area contributed by atoms with E-state index in [9.17, 15) is 4.79 Å². The van der Waals surface area contributed by atoms with Gasteiger partial charge >= 0.3 is 0 Å². The van der Waals surface area contributed by atoms with Gasteiger partial charge in [0.15, 0.2) is 11.5 Å². The molecule has 0 radical (unpaired) electrons. The average Bonchev–Trinajstić information content (AvgIpc) is 2.95. The van der Waals surface area contributed by atoms with E-state index in [1.165, 1.54) is 0 Å². The summed E-state index contributed by atoms with van der Waals surface area (Å²) in [6, 6.07) is 5.59. The van der Waals surface area contributed by atoms with Crippen LogP contribution in [0.2, 0.25) is 0 Å². The molecule has 3 rings (SSSR count). The Balaban J connectivity index is 0.00000161. The Kier molecular flexibility index (Phi) is 4.96. The summed E-state index contributed by atoms with van der Waals surface area (Å²) in [6.45, 7) is 3.68. The second-order valence-electron chi connectivity index (χ2n) is 5.38. The summed E-state index contributed by atoms with van der Waals surface area (Å²) in [5.74, 6) is 1.57. The summed E-state index contributed by atoms with van der Waals surface area (Å²) in [4.78, 5) is 14.0. The summed E-state index contributed by atoms with van der Waals surface area (Å²) in [7, 11) is 0. The number of likely N-dealkylation sites (tertiary alicyclic amines) is 1. The fourth-order valence-electron chi connectivity index (χ4n) is 2.91. The van der Waals surface area contributed by atoms with Gasteiger partial charge in [0.2, 0.25) is 5.91 Å². The topological polar surface area (TPSA) is 64.8 Å². The lowest BCUT2D eigenvalue weighted by Crippen LogP contribution is -2.41. The number of nitrogens with zero attached hydrogens (tertiary/aromatic N) is 1. The van der Waals surface area contributed by atoms with Crippen LogP contribution in [0, 0.1) is 0 Å². The second-order valence-corrected chi connectivity index (χ2v) is 5.38. The van der Waals surface area contributed by atoms with Gasteiger partial charge in [-0.2, -0.15) is 0 Å². The quantitative estimate of drug-likeness (QED) is 0.905. The first-order valence-electron chi connectivity index (χ1n) is 7.12. The van der Waals surface area contributed by atoms with Crippen LogP contribution in [0.1, 0.15) is 31.4 Å². The van der Waals surface area contributed by atoms with E-state index in [0.29, 0.717) is 13.2 Å². The monoisotopic (exact) mass is 312 g/mol. The minimum Gasteiger partial charge on any atom is -0.486 e. The molecule has 2 aliphatic heterocycles. The fraction of sp³-hybridized carbons (Fsp3) is 0.533. The van der Waals surface area contributed by atoms with Gasteiger partial charge in [0, 0.05) is 6.54 Å². The molecule has 0 saturated carbocycles. The van der Waals surface area contributed by atoms with Gasteiger partial charge < -0.3 is 20.1 Å². The Morgan fingerprint density at radius 3 is 2.76 bits per heavy atom. The standard InChI is InChI=1S/C15H20N2O3.ClH/c1-10(16)15(18)17-6-2-3-12(17)11-4-5-13-14(9-11)20-8-7-19-13;/h4-5,9-10,12H,2-3,6-8,16H2,1H3;1H. The molecule has 0 bridgehead atoms. The van der Waals surface area contributed by atoms with Crippen molar-refractivity contribution in [3.63, 3.8) is 0 Å². The molecular formula is C15H21ClN2O3. The molecular weight excluding hydrogens is 292 g/mol. The van der Waals surface area contributed by atoms with E-state index in [1.807, 2.05) is 23.1 Å². The Morgan fingerprint density at radius 2 is 2.05 bits per heavy atom. The maximum Gasteiger partial charge on any atom is 0.239 e. The number of fused-ring (bicyclic) bond motifs is 1. The molecule has 2 aliphatic rings. The van der Waals surface area contributed by atoms with Crippen molar-refractivity contribution in [2.45, 2.75) is 31.8 Å². The van der Waals surface area contributed by atoms with E-state index in [0.717, 1.165) is 36.4 Å². The molecule has 1 aromatic rings. The van der Waals surface area contributed by atoms with Gasteiger partial charge in [0.1, 0.15) is 13.2 Å². The van der Waals surface area contributed by atoms with Gasteiger partial charge in [0.05, 0.1) is 12.1 Å². The zero-order valence-electron chi connectivity index (χ0n) is 12.1. The van der Waals surface area contributed by atoms with Crippen LogP contribution in [0.3, 0.4) is 0 Å². The third-order valence-electron chi connectivity index (χ3n) is 3.88. The van der Waals surface area contributed by atoms with E-state index >= 15 is 0 Å². The number of amides is 1. The van der Waals surface area contributed by atoms with Crippen molar-refractivity contribution in [2.75, 3.05) is 19.8 Å². The first-order chi connectivity index (χ1) is 9.66. The van der Waals surface area contributed by atoms with Crippen LogP contribution in [0.5, 0.6) is 11.5 Å². The number of hydrogen-bond acceptors (Lipinski definition) is 4. The zero-order valence-corrected chi connectivity index (χ0v) is 12.9. The number of ether oxygens (including phenoxy) is 2. The van der Waals surface area contributed by atoms with Crippen molar-refractivity contribution in [3.05, 3.63) is 23.8 Å². The number of halogens is 1. The summed E-state index contributed by atoms with van der Waals surface area (Å²) in [5, 5.41) is 0. The number of nitrogens with two attached hydrogens (primary N) is 1. The van der Waals surface area contributed by atoms with E-state index in [1.54, 1.807) is 6.92 Å². The van der Waals surface area contributed by atoms with Gasteiger partial charge in [-0.05, 0) is 37.5 Å². The van der Waals surface area contributed by atoms with Crippen LogP contribution in [0.15, 0.2) is 18.2 Å². The highest BCUT2D eigenvalue weighted by Crippen LogP contribution is 2.38. The van der Waals surface area contributed by atoms with Gasteiger partial charge in [-0.25, -0.2) is 0 Å². The van der Waals surface area contributed by atoms with Crippen molar-refractivity contribution in [1.82, 2.24) is 4.90 Å². The lowest BCUT2D eigenvalue weighted by molar-refractivity contribution is -0.133. The molecule has 2 N–H and O–H groups in total. The van der Waals surface area contributed by atoms with Crippen LogP contribution in [0.4, 0.5) is 0 Å². The minimum absolute atomic E-state index is 0. The van der Waals surface area contributed by atoms with E-state index in [4.69, 9.17) is 15.2 Å². The van der Waals surface area contributed by atoms with Crippen molar-refractivity contribution in [1.29, 1.82) is 0 Å². The van der Waals surface area contributed by atoms with Gasteiger partial charge in [-0.1, -0.05) is 6.07 Å². The predicted molar refractivity (Wildman–Crippen MR) is 82.0 cm³/mol. The normalized spacial score (nSPS) is 21.6. The highest BCUT2D eigenvalue weighted by Gasteiger charge is 2.32. The molecule has 5 nitrogen and oxygen atoms in total. The molecule has 2 atom stereocenters. The van der Waals surface area contributed by atoms with E-state index < -0.39 is 6.04 Å². The van der Waals surface area contributed by atoms with E-state index in [2.05, 4.69) is 0 Å². The number of carbonyl (C=O) groups is 1. The molecule has 1 fully saturated rings.